The van der Waals surface area contributed by atoms with Crippen molar-refractivity contribution >= 4 is 96.0 Å². The number of rotatable bonds is 14. The lowest BCUT2D eigenvalue weighted by molar-refractivity contribution is 0.0592. The first kappa shape index (κ1) is 32.8. The molecule has 0 atom stereocenters. The predicted octanol–water partition coefficient (Wildman–Crippen LogP) is 8.67. The minimum atomic E-state index is -0.250. The van der Waals surface area contributed by atoms with Crippen LogP contribution < -0.4 is 5.46 Å². The minimum absolute atomic E-state index is 0.232. The molecule has 0 saturated carbocycles. The Labute approximate surface area is 291 Å². The van der Waals surface area contributed by atoms with Gasteiger partial charge in [0, 0.05) is 61.4 Å². The number of amides is 4. The molecule has 2 aliphatic rings. The molecule has 4 amide bonds. The molecule has 0 unspecified atom stereocenters. The Morgan fingerprint density at radius 2 is 0.917 bits per heavy atom. The van der Waals surface area contributed by atoms with E-state index >= 15 is 0 Å². The summed E-state index contributed by atoms with van der Waals surface area (Å²) in [4.78, 5) is 58.5. The number of hydrogen-bond acceptors (Lipinski definition) is 4. The van der Waals surface area contributed by atoms with Gasteiger partial charge in [0.15, 0.2) is 0 Å². The summed E-state index contributed by atoms with van der Waals surface area (Å²) in [5.41, 5.74) is 3.13. The zero-order valence-electron chi connectivity index (χ0n) is 28.3. The predicted molar refractivity (Wildman–Crippen MR) is 201 cm³/mol. The molecular formula is C40H42BBrN2O4. The van der Waals surface area contributed by atoms with E-state index in [9.17, 15) is 19.2 Å². The Balaban J connectivity index is 1.33. The van der Waals surface area contributed by atoms with E-state index in [1.165, 1.54) is 48.3 Å². The van der Waals surface area contributed by atoms with Crippen LogP contribution in [0.1, 0.15) is 132 Å². The Kier molecular flexibility index (Phi) is 9.05. The zero-order chi connectivity index (χ0) is 33.7. The first-order chi connectivity index (χ1) is 23.3. The highest BCUT2D eigenvalue weighted by Gasteiger charge is 2.37. The van der Waals surface area contributed by atoms with E-state index < -0.39 is 0 Å². The van der Waals surface area contributed by atoms with Crippen molar-refractivity contribution in [3.8, 4) is 0 Å². The van der Waals surface area contributed by atoms with Gasteiger partial charge < -0.3 is 0 Å². The van der Waals surface area contributed by atoms with E-state index in [-0.39, 0.29) is 23.6 Å². The summed E-state index contributed by atoms with van der Waals surface area (Å²) < 4.78 is 0.757. The molecule has 0 saturated heterocycles. The molecule has 0 fully saturated rings. The van der Waals surface area contributed by atoms with Crippen molar-refractivity contribution in [2.24, 2.45) is 0 Å². The summed E-state index contributed by atoms with van der Waals surface area (Å²) >= 11 is 3.83. The van der Waals surface area contributed by atoms with Crippen molar-refractivity contribution in [3.63, 3.8) is 0 Å². The molecule has 5 aromatic rings. The summed E-state index contributed by atoms with van der Waals surface area (Å²) in [6.45, 7) is 5.22. The Morgan fingerprint density at radius 3 is 1.44 bits per heavy atom. The first-order valence-electron chi connectivity index (χ1n) is 17.9. The van der Waals surface area contributed by atoms with Crippen molar-refractivity contribution < 1.29 is 19.2 Å². The monoisotopic (exact) mass is 704 g/mol. The van der Waals surface area contributed by atoms with Crippen LogP contribution in [0, 0.1) is 0 Å². The van der Waals surface area contributed by atoms with Gasteiger partial charge in [-0.2, -0.15) is 0 Å². The van der Waals surface area contributed by atoms with Gasteiger partial charge in [0.1, 0.15) is 7.85 Å². The second-order valence-corrected chi connectivity index (χ2v) is 14.6. The largest absolute Gasteiger partial charge is 0.274 e. The fraction of sp³-hybridized carbons (Fsp3) is 0.400. The minimum Gasteiger partial charge on any atom is -0.274 e. The molecule has 2 aliphatic heterocycles. The fourth-order valence-corrected chi connectivity index (χ4v) is 8.87. The number of benzene rings is 5. The Hall–Kier alpha value is -3.78. The van der Waals surface area contributed by atoms with E-state index in [1.807, 2.05) is 44.2 Å². The van der Waals surface area contributed by atoms with Crippen LogP contribution in [-0.2, 0) is 0 Å². The Morgan fingerprint density at radius 1 is 0.500 bits per heavy atom. The van der Waals surface area contributed by atoms with Gasteiger partial charge in [-0.3, -0.25) is 29.0 Å². The normalized spacial score (nSPS) is 14.6. The van der Waals surface area contributed by atoms with Crippen molar-refractivity contribution in [3.05, 3.63) is 63.1 Å². The van der Waals surface area contributed by atoms with Gasteiger partial charge in [0.25, 0.3) is 23.6 Å². The van der Waals surface area contributed by atoms with Gasteiger partial charge in [0.05, 0.1) is 0 Å². The van der Waals surface area contributed by atoms with Crippen LogP contribution in [0.3, 0.4) is 0 Å². The Bertz CT molecular complexity index is 1990. The van der Waals surface area contributed by atoms with Crippen LogP contribution in [0.25, 0.3) is 43.1 Å². The molecule has 7 rings (SSSR count). The third-order valence-electron chi connectivity index (χ3n) is 10.6. The smallest absolute Gasteiger partial charge is 0.261 e. The fourth-order valence-electron chi connectivity index (χ4n) is 8.23. The van der Waals surface area contributed by atoms with Gasteiger partial charge in [-0.25, -0.2) is 0 Å². The van der Waals surface area contributed by atoms with Crippen LogP contribution in [0.5, 0.6) is 0 Å². The molecular weight excluding hydrogens is 663 g/mol. The van der Waals surface area contributed by atoms with Crippen molar-refractivity contribution in [2.75, 3.05) is 13.1 Å². The maximum Gasteiger partial charge on any atom is 0.261 e. The summed E-state index contributed by atoms with van der Waals surface area (Å²) in [5.74, 6) is -0.959. The number of carbonyl (C=O) groups is 4. The van der Waals surface area contributed by atoms with Crippen LogP contribution in [0.2, 0.25) is 0 Å². The molecule has 0 radical (unpaired) electrons. The number of hydrogen-bond donors (Lipinski definition) is 0. The second kappa shape index (κ2) is 13.3. The molecule has 0 aromatic heterocycles. The third-order valence-corrected chi connectivity index (χ3v) is 11.3. The summed E-state index contributed by atoms with van der Waals surface area (Å²) in [7, 11) is 2.01. The number of carbonyl (C=O) groups excluding carboxylic acids is 4. The first-order valence-corrected chi connectivity index (χ1v) is 18.7. The van der Waals surface area contributed by atoms with Crippen molar-refractivity contribution in [1.29, 1.82) is 0 Å². The molecule has 0 aliphatic carbocycles. The van der Waals surface area contributed by atoms with Crippen LogP contribution >= 0.6 is 15.9 Å². The highest BCUT2D eigenvalue weighted by atomic mass is 79.9. The van der Waals surface area contributed by atoms with Gasteiger partial charge in [0.2, 0.25) is 0 Å². The number of halogens is 1. The topological polar surface area (TPSA) is 74.8 Å². The molecule has 0 spiro atoms. The van der Waals surface area contributed by atoms with Gasteiger partial charge in [-0.15, -0.1) is 0 Å². The van der Waals surface area contributed by atoms with Crippen molar-refractivity contribution in [1.82, 2.24) is 9.80 Å². The lowest BCUT2D eigenvalue weighted by atomic mass is 9.77. The van der Waals surface area contributed by atoms with Crippen molar-refractivity contribution in [2.45, 2.75) is 90.9 Å². The molecule has 8 heteroatoms. The molecule has 0 bridgehead atoms. The molecule has 246 valence electrons. The van der Waals surface area contributed by atoms with E-state index in [1.54, 1.807) is 0 Å². The SMILES string of the molecule is Bc1cc2c3c(ccc4c5c(Br)cc6c7c(ccc(c1c34)c75)C(=O)N(CCCCCCCC)C6=O)C(=O)N(CCCCCCCC)C2=O. The van der Waals surface area contributed by atoms with Crippen LogP contribution in [0.4, 0.5) is 0 Å². The molecule has 48 heavy (non-hydrogen) atoms. The lowest BCUT2D eigenvalue weighted by Crippen LogP contribution is -2.41. The van der Waals surface area contributed by atoms with Crippen LogP contribution in [0.15, 0.2) is 40.9 Å². The van der Waals surface area contributed by atoms with E-state index in [4.69, 9.17) is 0 Å². The number of fused-ring (bicyclic) bond motifs is 2. The maximum absolute atomic E-state index is 14.0. The number of unbranched alkanes of at least 4 members (excludes halogenated alkanes) is 10. The standard InChI is InChI=1S/C40H42BBrN2O4/c1-3-5-7-9-11-13-19-43-37(45)25-18-16-24-34-30(42)22-28-32-26(38(46)44(40(28)48)20-14-12-10-8-6-4-2)17-15-23(36(32)34)33-29(41)21-27(39(43)47)31(25)35(24)33/h15-18,21-22H,3-14,19-20,41H2,1-2H3. The highest BCUT2D eigenvalue weighted by Crippen LogP contribution is 2.48. The highest BCUT2D eigenvalue weighted by molar-refractivity contribution is 9.10. The average Bonchev–Trinajstić information content (AvgIpc) is 3.08. The third kappa shape index (κ3) is 5.13. The molecule has 0 N–H and O–H groups in total. The summed E-state index contributed by atoms with van der Waals surface area (Å²) in [6, 6.07) is 11.5. The lowest BCUT2D eigenvalue weighted by Gasteiger charge is -2.31. The number of nitrogens with zero attached hydrogens (tertiary/aromatic N) is 2. The van der Waals surface area contributed by atoms with Crippen LogP contribution in [-0.4, -0.2) is 54.4 Å². The van der Waals surface area contributed by atoms with Gasteiger partial charge in [-0.05, 0) is 52.6 Å². The second-order valence-electron chi connectivity index (χ2n) is 13.8. The zero-order valence-corrected chi connectivity index (χ0v) is 29.9. The van der Waals surface area contributed by atoms with Gasteiger partial charge in [-0.1, -0.05) is 118 Å². The van der Waals surface area contributed by atoms with E-state index in [2.05, 4.69) is 29.8 Å². The summed E-state index contributed by atoms with van der Waals surface area (Å²) in [5, 5.41) is 6.80. The molecule has 6 nitrogen and oxygen atoms in total. The summed E-state index contributed by atoms with van der Waals surface area (Å²) in [6.07, 6.45) is 12.9. The number of imide groups is 2. The van der Waals surface area contributed by atoms with Gasteiger partial charge >= 0.3 is 0 Å². The molecule has 5 aromatic carbocycles. The molecule has 2 heterocycles. The van der Waals surface area contributed by atoms with E-state index in [0.717, 1.165) is 80.8 Å². The maximum atomic E-state index is 14.0. The van der Waals surface area contributed by atoms with E-state index in [0.29, 0.717) is 46.1 Å². The quantitative estimate of drug-likeness (QED) is 0.0381. The average molecular weight is 706 g/mol.